The zero-order chi connectivity index (χ0) is 25.3. The quantitative estimate of drug-likeness (QED) is 0.214. The van der Waals surface area contributed by atoms with Gasteiger partial charge in [-0.3, -0.25) is 9.13 Å². The zero-order valence-corrected chi connectivity index (χ0v) is 22.6. The van der Waals surface area contributed by atoms with E-state index in [1.807, 2.05) is 42.5 Å². The molecule has 3 aromatic rings. The fourth-order valence-electron chi connectivity index (χ4n) is 3.25. The minimum absolute atomic E-state index is 0.574. The maximum absolute atomic E-state index is 13.6. The van der Waals surface area contributed by atoms with Crippen molar-refractivity contribution in [3.05, 3.63) is 102 Å². The van der Waals surface area contributed by atoms with E-state index in [0.29, 0.717) is 16.4 Å². The van der Waals surface area contributed by atoms with Crippen molar-refractivity contribution in [1.82, 2.24) is 0 Å². The van der Waals surface area contributed by atoms with Crippen molar-refractivity contribution >= 4 is 28.9 Å². The van der Waals surface area contributed by atoms with Crippen LogP contribution in [0.4, 0.5) is 0 Å². The molecule has 3 rings (SSSR count). The van der Waals surface area contributed by atoms with Crippen molar-refractivity contribution < 1.29 is 36.3 Å². The highest BCUT2D eigenvalue weighted by atomic mass is 31.2. The van der Waals surface area contributed by atoms with Gasteiger partial charge in [-0.05, 0) is 23.3 Å². The van der Waals surface area contributed by atoms with Crippen LogP contribution in [0.25, 0.3) is 0 Å². The van der Waals surface area contributed by atoms with Gasteiger partial charge in [-0.1, -0.05) is 78.9 Å². The average Bonchev–Trinajstić information content (AvgIpc) is 2.93. The molecule has 0 unspecified atom stereocenters. The Morgan fingerprint density at radius 2 is 0.857 bits per heavy atom. The van der Waals surface area contributed by atoms with Crippen LogP contribution in [-0.4, -0.2) is 28.4 Å². The molecular formula is C24H29O8P3. The maximum Gasteiger partial charge on any atom is 0.363 e. The van der Waals surface area contributed by atoms with Crippen LogP contribution in [0.1, 0.15) is 22.8 Å². The summed E-state index contributed by atoms with van der Waals surface area (Å²) in [5.41, 5.74) is 1.15. The summed E-state index contributed by atoms with van der Waals surface area (Å²) in [5, 5.41) is 0.655. The van der Waals surface area contributed by atoms with Gasteiger partial charge >= 0.3 is 15.2 Å². The first-order valence-corrected chi connectivity index (χ1v) is 15.0. The average molecular weight is 538 g/mol. The smallest absolute Gasteiger partial charge is 0.310 e. The molecule has 0 aliphatic rings. The van der Waals surface area contributed by atoms with Crippen LogP contribution in [0.15, 0.2) is 91.0 Å². The summed E-state index contributed by atoms with van der Waals surface area (Å²) in [7, 11) is -4.36. The highest BCUT2D eigenvalue weighted by molar-refractivity contribution is 7.59. The van der Waals surface area contributed by atoms with Crippen LogP contribution in [0.5, 0.6) is 0 Å². The van der Waals surface area contributed by atoms with Crippen molar-refractivity contribution in [3.63, 3.8) is 0 Å². The molecule has 0 amide bonds. The first-order chi connectivity index (χ1) is 16.9. The number of benzene rings is 3. The minimum Gasteiger partial charge on any atom is -0.310 e. The van der Waals surface area contributed by atoms with Crippen molar-refractivity contribution in [2.75, 3.05) is 28.4 Å². The molecule has 0 aromatic heterocycles. The SMILES string of the molecule is COP(=O)(OC)[C@@H](OP(O[C@@H](c1ccccc1)P(=O)(OC)OC)c1ccccc1)c1ccccc1. The Morgan fingerprint density at radius 1 is 0.543 bits per heavy atom. The van der Waals surface area contributed by atoms with Gasteiger partial charge in [0.2, 0.25) is 8.38 Å². The van der Waals surface area contributed by atoms with Gasteiger partial charge in [0.15, 0.2) is 11.7 Å². The molecule has 0 bridgehead atoms. The van der Waals surface area contributed by atoms with E-state index in [1.165, 1.54) is 28.4 Å². The van der Waals surface area contributed by atoms with E-state index in [2.05, 4.69) is 0 Å². The monoisotopic (exact) mass is 538 g/mol. The molecule has 0 N–H and O–H groups in total. The Balaban J connectivity index is 2.10. The molecule has 188 valence electrons. The summed E-state index contributed by atoms with van der Waals surface area (Å²) in [5.74, 6) is -2.24. The molecular weight excluding hydrogens is 509 g/mol. The fraction of sp³-hybridized carbons (Fsp3) is 0.250. The standard InChI is InChI=1S/C24H29O8P3/c1-27-34(25,28-2)23(20-14-8-5-9-15-20)31-33(22-18-12-7-13-19-22)32-24(35(26,29-3)30-4)21-16-10-6-11-17-21/h5-19,23-24H,1-4H3/t23-,24-/m1/s1. The topological polar surface area (TPSA) is 89.5 Å². The van der Waals surface area contributed by atoms with E-state index >= 15 is 0 Å². The Morgan fingerprint density at radius 3 is 1.17 bits per heavy atom. The van der Waals surface area contributed by atoms with Crippen LogP contribution in [0.3, 0.4) is 0 Å². The molecule has 35 heavy (non-hydrogen) atoms. The predicted molar refractivity (Wildman–Crippen MR) is 137 cm³/mol. The van der Waals surface area contributed by atoms with Crippen molar-refractivity contribution in [1.29, 1.82) is 0 Å². The highest BCUT2D eigenvalue weighted by Gasteiger charge is 2.43. The van der Waals surface area contributed by atoms with Crippen LogP contribution < -0.4 is 5.30 Å². The van der Waals surface area contributed by atoms with Crippen molar-refractivity contribution in [3.8, 4) is 0 Å². The summed E-state index contributed by atoms with van der Waals surface area (Å²) in [6.45, 7) is 0. The third-order valence-corrected chi connectivity index (χ3v) is 11.0. The summed E-state index contributed by atoms with van der Waals surface area (Å²) in [6, 6.07) is 27.0. The van der Waals surface area contributed by atoms with Gasteiger partial charge in [0.25, 0.3) is 0 Å². The van der Waals surface area contributed by atoms with E-state index in [0.717, 1.165) is 0 Å². The van der Waals surface area contributed by atoms with Crippen LogP contribution in [0.2, 0.25) is 0 Å². The van der Waals surface area contributed by atoms with Gasteiger partial charge in [-0.15, -0.1) is 0 Å². The van der Waals surface area contributed by atoms with E-state index in [-0.39, 0.29) is 0 Å². The maximum atomic E-state index is 13.6. The molecule has 0 saturated carbocycles. The number of hydrogen-bond donors (Lipinski definition) is 0. The van der Waals surface area contributed by atoms with Crippen LogP contribution in [0, 0.1) is 0 Å². The van der Waals surface area contributed by atoms with E-state index < -0.39 is 35.3 Å². The molecule has 0 spiro atoms. The Kier molecular flexibility index (Phi) is 10.4. The second kappa shape index (κ2) is 13.0. The molecule has 11 heteroatoms. The second-order valence-corrected chi connectivity index (χ2v) is 13.1. The van der Waals surface area contributed by atoms with Crippen molar-refractivity contribution in [2.24, 2.45) is 0 Å². The second-order valence-electron chi connectivity index (χ2n) is 7.14. The zero-order valence-electron chi connectivity index (χ0n) is 19.9. The van der Waals surface area contributed by atoms with E-state index in [9.17, 15) is 9.13 Å². The van der Waals surface area contributed by atoms with Crippen LogP contribution >= 0.6 is 23.6 Å². The number of rotatable bonds is 13. The first kappa shape index (κ1) is 27.9. The van der Waals surface area contributed by atoms with Gasteiger partial charge in [-0.2, -0.15) is 0 Å². The summed E-state index contributed by atoms with van der Waals surface area (Å²) in [6.07, 6.45) is 0. The fourth-order valence-corrected chi connectivity index (χ4v) is 8.14. The van der Waals surface area contributed by atoms with E-state index in [1.54, 1.807) is 48.5 Å². The molecule has 0 saturated heterocycles. The molecule has 0 radical (unpaired) electrons. The Labute approximate surface area is 207 Å². The lowest BCUT2D eigenvalue weighted by atomic mass is 10.2. The summed E-state index contributed by atoms with van der Waals surface area (Å²) >= 11 is 0. The Hall–Kier alpha value is -1.69. The molecule has 0 aliphatic carbocycles. The molecule has 8 nitrogen and oxygen atoms in total. The molecule has 0 fully saturated rings. The molecule has 0 aliphatic heterocycles. The van der Waals surface area contributed by atoms with Gasteiger partial charge in [0.05, 0.1) is 0 Å². The van der Waals surface area contributed by atoms with Crippen LogP contribution in [-0.2, 0) is 36.3 Å². The summed E-state index contributed by atoms with van der Waals surface area (Å²) in [4.78, 5) is 0. The third-order valence-electron chi connectivity index (χ3n) is 5.12. The minimum atomic E-state index is -3.78. The molecule has 0 heterocycles. The third kappa shape index (κ3) is 6.75. The molecule has 3 aromatic carbocycles. The Bertz CT molecular complexity index is 1040. The lowest BCUT2D eigenvalue weighted by Gasteiger charge is -2.32. The highest BCUT2D eigenvalue weighted by Crippen LogP contribution is 2.68. The van der Waals surface area contributed by atoms with Gasteiger partial charge < -0.3 is 27.1 Å². The van der Waals surface area contributed by atoms with Gasteiger partial charge in [0, 0.05) is 33.7 Å². The van der Waals surface area contributed by atoms with Gasteiger partial charge in [-0.25, -0.2) is 0 Å². The number of hydrogen-bond acceptors (Lipinski definition) is 8. The molecule has 2 atom stereocenters. The van der Waals surface area contributed by atoms with Gasteiger partial charge in [0.1, 0.15) is 0 Å². The lowest BCUT2D eigenvalue weighted by Crippen LogP contribution is -2.15. The summed E-state index contributed by atoms with van der Waals surface area (Å²) < 4.78 is 61.1. The lowest BCUT2D eigenvalue weighted by molar-refractivity contribution is 0.157. The van der Waals surface area contributed by atoms with E-state index in [4.69, 9.17) is 27.1 Å². The van der Waals surface area contributed by atoms with Crippen molar-refractivity contribution in [2.45, 2.75) is 11.7 Å². The largest absolute Gasteiger partial charge is 0.363 e. The first-order valence-electron chi connectivity index (χ1n) is 10.6. The normalized spacial score (nSPS) is 14.1. The predicted octanol–water partition coefficient (Wildman–Crippen LogP) is 7.03.